The second-order valence-electron chi connectivity index (χ2n) is 5.51. The number of nitrogens with two attached hydrogens (primary N) is 3. The maximum atomic E-state index is 12.0. The summed E-state index contributed by atoms with van der Waals surface area (Å²) in [5, 5.41) is 0. The molecule has 1 aliphatic carbocycles. The van der Waals surface area contributed by atoms with Crippen LogP contribution in [0.3, 0.4) is 0 Å². The van der Waals surface area contributed by atoms with Crippen LogP contribution in [0.15, 0.2) is 0 Å². The van der Waals surface area contributed by atoms with Crippen molar-refractivity contribution >= 4 is 17.7 Å². The van der Waals surface area contributed by atoms with Crippen LogP contribution in [0.25, 0.3) is 0 Å². The van der Waals surface area contributed by atoms with E-state index in [0.29, 0.717) is 5.92 Å². The first-order valence-electron chi connectivity index (χ1n) is 6.98. The predicted octanol–water partition coefficient (Wildman–Crippen LogP) is -0.917. The van der Waals surface area contributed by atoms with Gasteiger partial charge in [-0.1, -0.05) is 12.8 Å². The SMILES string of the molecule is NC(=O)CN(CC(N)=O)C(=O)CCC1CCCC(N)C1. The number of primary amides is 2. The van der Waals surface area contributed by atoms with Crippen LogP contribution in [-0.2, 0) is 14.4 Å². The lowest BCUT2D eigenvalue weighted by Crippen LogP contribution is -2.43. The zero-order valence-electron chi connectivity index (χ0n) is 11.7. The van der Waals surface area contributed by atoms with E-state index in [0.717, 1.165) is 37.0 Å². The standard InChI is InChI=1S/C13H24N4O3/c14-10-3-1-2-9(6-10)4-5-13(20)17(7-11(15)18)8-12(16)19/h9-10H,1-8,14H2,(H2,15,18)(H2,16,19). The van der Waals surface area contributed by atoms with Gasteiger partial charge in [0.05, 0.1) is 13.1 Å². The van der Waals surface area contributed by atoms with E-state index < -0.39 is 11.8 Å². The van der Waals surface area contributed by atoms with Crippen LogP contribution >= 0.6 is 0 Å². The molecule has 1 fully saturated rings. The van der Waals surface area contributed by atoms with E-state index in [1.165, 1.54) is 0 Å². The van der Waals surface area contributed by atoms with Gasteiger partial charge in [0, 0.05) is 12.5 Å². The minimum absolute atomic E-state index is 0.219. The molecule has 0 aromatic carbocycles. The molecule has 2 atom stereocenters. The molecule has 0 spiro atoms. The maximum Gasteiger partial charge on any atom is 0.237 e. The van der Waals surface area contributed by atoms with Crippen LogP contribution in [0.5, 0.6) is 0 Å². The highest BCUT2D eigenvalue weighted by Crippen LogP contribution is 2.27. The minimum atomic E-state index is -0.653. The van der Waals surface area contributed by atoms with Gasteiger partial charge < -0.3 is 22.1 Å². The van der Waals surface area contributed by atoms with Crippen molar-refractivity contribution in [2.24, 2.45) is 23.1 Å². The predicted molar refractivity (Wildman–Crippen MR) is 74.1 cm³/mol. The van der Waals surface area contributed by atoms with Gasteiger partial charge in [-0.3, -0.25) is 14.4 Å². The van der Waals surface area contributed by atoms with Gasteiger partial charge in [-0.15, -0.1) is 0 Å². The largest absolute Gasteiger partial charge is 0.368 e. The summed E-state index contributed by atoms with van der Waals surface area (Å²) >= 11 is 0. The molecule has 0 aromatic rings. The average molecular weight is 284 g/mol. The third-order valence-corrected chi connectivity index (χ3v) is 3.64. The Labute approximate surface area is 118 Å². The van der Waals surface area contributed by atoms with Crippen LogP contribution in [0.2, 0.25) is 0 Å². The summed E-state index contributed by atoms with van der Waals surface area (Å²) in [5.41, 5.74) is 16.0. The van der Waals surface area contributed by atoms with E-state index in [1.807, 2.05) is 0 Å². The van der Waals surface area contributed by atoms with Crippen LogP contribution < -0.4 is 17.2 Å². The Morgan fingerprint density at radius 1 is 1.05 bits per heavy atom. The van der Waals surface area contributed by atoms with Crippen molar-refractivity contribution in [2.75, 3.05) is 13.1 Å². The number of hydrogen-bond acceptors (Lipinski definition) is 4. The monoisotopic (exact) mass is 284 g/mol. The highest BCUT2D eigenvalue weighted by molar-refractivity contribution is 5.88. The molecule has 2 unspecified atom stereocenters. The fraction of sp³-hybridized carbons (Fsp3) is 0.769. The number of hydrogen-bond donors (Lipinski definition) is 3. The molecule has 7 nitrogen and oxygen atoms in total. The van der Waals surface area contributed by atoms with E-state index in [4.69, 9.17) is 17.2 Å². The highest BCUT2D eigenvalue weighted by atomic mass is 16.2. The quantitative estimate of drug-likeness (QED) is 0.557. The van der Waals surface area contributed by atoms with Crippen molar-refractivity contribution in [1.82, 2.24) is 4.90 Å². The van der Waals surface area contributed by atoms with E-state index in [2.05, 4.69) is 0 Å². The second-order valence-corrected chi connectivity index (χ2v) is 5.51. The first-order valence-corrected chi connectivity index (χ1v) is 6.98. The summed E-state index contributed by atoms with van der Waals surface area (Å²) < 4.78 is 0. The lowest BCUT2D eigenvalue weighted by Gasteiger charge is -2.27. The first-order chi connectivity index (χ1) is 9.38. The second kappa shape index (κ2) is 7.84. The third kappa shape index (κ3) is 6.01. The minimum Gasteiger partial charge on any atom is -0.368 e. The van der Waals surface area contributed by atoms with Crippen molar-refractivity contribution in [3.05, 3.63) is 0 Å². The Balaban J connectivity index is 2.44. The number of nitrogens with zero attached hydrogens (tertiary/aromatic N) is 1. The van der Waals surface area contributed by atoms with E-state index in [1.54, 1.807) is 0 Å². The molecule has 0 aromatic heterocycles. The van der Waals surface area contributed by atoms with Gasteiger partial charge in [-0.25, -0.2) is 0 Å². The molecule has 1 saturated carbocycles. The van der Waals surface area contributed by atoms with Crippen molar-refractivity contribution < 1.29 is 14.4 Å². The molecule has 20 heavy (non-hydrogen) atoms. The Morgan fingerprint density at radius 2 is 1.65 bits per heavy atom. The normalized spacial score (nSPS) is 22.2. The van der Waals surface area contributed by atoms with Crippen LogP contribution in [0, 0.1) is 5.92 Å². The number of amides is 3. The molecule has 1 rings (SSSR count). The van der Waals surface area contributed by atoms with Crippen molar-refractivity contribution in [3.63, 3.8) is 0 Å². The van der Waals surface area contributed by atoms with E-state index in [9.17, 15) is 14.4 Å². The van der Waals surface area contributed by atoms with Crippen LogP contribution in [-0.4, -0.2) is 41.8 Å². The molecule has 0 radical (unpaired) electrons. The van der Waals surface area contributed by atoms with Crippen molar-refractivity contribution in [2.45, 2.75) is 44.6 Å². The molecular weight excluding hydrogens is 260 g/mol. The van der Waals surface area contributed by atoms with Gasteiger partial charge in [-0.05, 0) is 25.2 Å². The Hall–Kier alpha value is -1.63. The summed E-state index contributed by atoms with van der Waals surface area (Å²) in [6.07, 6.45) is 5.15. The van der Waals surface area contributed by atoms with Crippen molar-refractivity contribution in [1.29, 1.82) is 0 Å². The van der Waals surface area contributed by atoms with Gasteiger partial charge in [0.2, 0.25) is 17.7 Å². The molecule has 6 N–H and O–H groups in total. The van der Waals surface area contributed by atoms with Gasteiger partial charge >= 0.3 is 0 Å². The fourth-order valence-electron chi connectivity index (χ4n) is 2.69. The van der Waals surface area contributed by atoms with Gasteiger partial charge in [0.15, 0.2) is 0 Å². The van der Waals surface area contributed by atoms with Crippen LogP contribution in [0.4, 0.5) is 0 Å². The molecule has 0 aliphatic heterocycles. The first kappa shape index (κ1) is 16.4. The topological polar surface area (TPSA) is 133 Å². The fourth-order valence-corrected chi connectivity index (χ4v) is 2.69. The van der Waals surface area contributed by atoms with Crippen molar-refractivity contribution in [3.8, 4) is 0 Å². The summed E-state index contributed by atoms with van der Waals surface area (Å²) in [7, 11) is 0. The van der Waals surface area contributed by atoms with E-state index >= 15 is 0 Å². The molecule has 0 heterocycles. The highest BCUT2D eigenvalue weighted by Gasteiger charge is 2.22. The summed E-state index contributed by atoms with van der Waals surface area (Å²) in [4.78, 5) is 34.9. The molecule has 114 valence electrons. The number of carbonyl (C=O) groups is 3. The zero-order chi connectivity index (χ0) is 15.1. The van der Waals surface area contributed by atoms with Gasteiger partial charge in [0.1, 0.15) is 0 Å². The van der Waals surface area contributed by atoms with Gasteiger partial charge in [0.25, 0.3) is 0 Å². The summed E-state index contributed by atoms with van der Waals surface area (Å²) in [6, 6.07) is 0.219. The zero-order valence-corrected chi connectivity index (χ0v) is 11.7. The lowest BCUT2D eigenvalue weighted by atomic mass is 9.83. The maximum absolute atomic E-state index is 12.0. The number of rotatable bonds is 7. The van der Waals surface area contributed by atoms with E-state index in [-0.39, 0.29) is 31.5 Å². The molecule has 1 aliphatic rings. The van der Waals surface area contributed by atoms with Crippen LogP contribution in [0.1, 0.15) is 38.5 Å². The summed E-state index contributed by atoms with van der Waals surface area (Å²) in [5.74, 6) is -1.13. The smallest absolute Gasteiger partial charge is 0.237 e. The average Bonchev–Trinajstić information content (AvgIpc) is 2.34. The molecule has 0 saturated heterocycles. The number of carbonyl (C=O) groups excluding carboxylic acids is 3. The van der Waals surface area contributed by atoms with Gasteiger partial charge in [-0.2, -0.15) is 0 Å². The summed E-state index contributed by atoms with van der Waals surface area (Å²) in [6.45, 7) is -0.544. The Kier molecular flexibility index (Phi) is 6.44. The molecular formula is C13H24N4O3. The molecule has 7 heteroatoms. The Morgan fingerprint density at radius 3 is 2.15 bits per heavy atom. The molecule has 3 amide bonds. The lowest BCUT2D eigenvalue weighted by molar-refractivity contribution is -0.138. The third-order valence-electron chi connectivity index (χ3n) is 3.64. The Bertz CT molecular complexity index is 357. The molecule has 0 bridgehead atoms.